The van der Waals surface area contributed by atoms with Gasteiger partial charge in [-0.05, 0) is 52.1 Å². The van der Waals surface area contributed by atoms with Crippen LogP contribution < -0.4 is 5.32 Å². The lowest BCUT2D eigenvalue weighted by Gasteiger charge is -2.31. The summed E-state index contributed by atoms with van der Waals surface area (Å²) < 4.78 is 5.39. The van der Waals surface area contributed by atoms with Crippen molar-refractivity contribution >= 4 is 0 Å². The van der Waals surface area contributed by atoms with Crippen molar-refractivity contribution in [2.24, 2.45) is 0 Å². The van der Waals surface area contributed by atoms with E-state index in [-0.39, 0.29) is 0 Å². The van der Waals surface area contributed by atoms with Crippen LogP contribution >= 0.6 is 0 Å². The maximum atomic E-state index is 5.39. The maximum Gasteiger partial charge on any atom is 0.0595 e. The quantitative estimate of drug-likeness (QED) is 0.706. The van der Waals surface area contributed by atoms with Gasteiger partial charge in [0, 0.05) is 26.2 Å². The van der Waals surface area contributed by atoms with Gasteiger partial charge < -0.3 is 15.0 Å². The molecule has 1 N–H and O–H groups in total. The molecule has 1 heterocycles. The van der Waals surface area contributed by atoms with Crippen molar-refractivity contribution in [1.82, 2.24) is 10.2 Å². The number of rotatable bonds is 8. The number of hydrogen-bond donors (Lipinski definition) is 1. The van der Waals surface area contributed by atoms with Crippen LogP contribution in [0.25, 0.3) is 0 Å². The highest BCUT2D eigenvalue weighted by atomic mass is 16.5. The first-order valence-electron chi connectivity index (χ1n) is 7.24. The predicted octanol–water partition coefficient (Wildman–Crippen LogP) is 2.27. The number of ether oxygens (including phenoxy) is 1. The molecule has 0 spiro atoms. The Morgan fingerprint density at radius 1 is 1.35 bits per heavy atom. The summed E-state index contributed by atoms with van der Waals surface area (Å²) in [7, 11) is 1.83. The molecule has 0 aromatic heterocycles. The van der Waals surface area contributed by atoms with Crippen molar-refractivity contribution in [2.45, 2.75) is 58.1 Å². The van der Waals surface area contributed by atoms with Gasteiger partial charge in [-0.3, -0.25) is 0 Å². The summed E-state index contributed by atoms with van der Waals surface area (Å²) in [4.78, 5) is 2.59. The van der Waals surface area contributed by atoms with Crippen LogP contribution in [0.5, 0.6) is 0 Å². The maximum absolute atomic E-state index is 5.39. The molecule has 102 valence electrons. The average molecular weight is 242 g/mol. The van der Waals surface area contributed by atoms with E-state index in [0.29, 0.717) is 12.1 Å². The molecule has 0 aromatic rings. The molecule has 1 fully saturated rings. The van der Waals surface area contributed by atoms with E-state index >= 15 is 0 Å². The summed E-state index contributed by atoms with van der Waals surface area (Å²) >= 11 is 0. The van der Waals surface area contributed by atoms with E-state index in [1.807, 2.05) is 7.11 Å². The number of likely N-dealkylation sites (tertiary alicyclic amines) is 1. The Hall–Kier alpha value is -0.120. The fourth-order valence-corrected chi connectivity index (χ4v) is 2.48. The zero-order valence-corrected chi connectivity index (χ0v) is 11.9. The third-order valence-electron chi connectivity index (χ3n) is 3.72. The molecule has 1 aliphatic rings. The van der Waals surface area contributed by atoms with E-state index in [1.165, 1.54) is 51.7 Å². The topological polar surface area (TPSA) is 24.5 Å². The molecular formula is C14H30N2O. The number of nitrogens with one attached hydrogen (secondary N) is 1. The lowest BCUT2D eigenvalue weighted by molar-refractivity contribution is 0.0405. The SMILES string of the molecule is CCCNC(C)CCCN1CCC(OC)CC1. The van der Waals surface area contributed by atoms with E-state index in [0.717, 1.165) is 6.54 Å². The Morgan fingerprint density at radius 3 is 2.65 bits per heavy atom. The van der Waals surface area contributed by atoms with Gasteiger partial charge >= 0.3 is 0 Å². The van der Waals surface area contributed by atoms with E-state index in [1.54, 1.807) is 0 Å². The summed E-state index contributed by atoms with van der Waals surface area (Å²) in [5.74, 6) is 0. The van der Waals surface area contributed by atoms with E-state index < -0.39 is 0 Å². The first kappa shape index (κ1) is 14.9. The summed E-state index contributed by atoms with van der Waals surface area (Å²) in [6, 6.07) is 0.673. The number of hydrogen-bond acceptors (Lipinski definition) is 3. The Kier molecular flexibility index (Phi) is 7.82. The van der Waals surface area contributed by atoms with Gasteiger partial charge in [0.25, 0.3) is 0 Å². The van der Waals surface area contributed by atoms with Crippen LogP contribution in [0.3, 0.4) is 0 Å². The van der Waals surface area contributed by atoms with Crippen molar-refractivity contribution < 1.29 is 4.74 Å². The van der Waals surface area contributed by atoms with Crippen LogP contribution in [0, 0.1) is 0 Å². The Labute approximate surface area is 107 Å². The number of methoxy groups -OCH3 is 1. The standard InChI is InChI=1S/C14H30N2O/c1-4-9-15-13(2)6-5-10-16-11-7-14(17-3)8-12-16/h13-15H,4-12H2,1-3H3. The van der Waals surface area contributed by atoms with Crippen LogP contribution in [0.1, 0.15) is 46.0 Å². The lowest BCUT2D eigenvalue weighted by atomic mass is 10.1. The van der Waals surface area contributed by atoms with Crippen LogP contribution in [-0.2, 0) is 4.74 Å². The molecule has 0 aromatic carbocycles. The molecule has 1 unspecified atom stereocenters. The third kappa shape index (κ3) is 6.39. The van der Waals surface area contributed by atoms with Gasteiger partial charge in [0.05, 0.1) is 6.10 Å². The normalized spacial score (nSPS) is 20.6. The van der Waals surface area contributed by atoms with Gasteiger partial charge in [-0.1, -0.05) is 6.92 Å². The van der Waals surface area contributed by atoms with Gasteiger partial charge in [0.15, 0.2) is 0 Å². The minimum atomic E-state index is 0.511. The molecule has 3 heteroatoms. The van der Waals surface area contributed by atoms with Crippen LogP contribution in [0.4, 0.5) is 0 Å². The molecule has 1 saturated heterocycles. The van der Waals surface area contributed by atoms with E-state index in [4.69, 9.17) is 4.74 Å². The molecule has 0 radical (unpaired) electrons. The zero-order valence-electron chi connectivity index (χ0n) is 11.9. The van der Waals surface area contributed by atoms with Gasteiger partial charge in [-0.2, -0.15) is 0 Å². The molecule has 1 rings (SSSR count). The fraction of sp³-hybridized carbons (Fsp3) is 1.00. The average Bonchev–Trinajstić information content (AvgIpc) is 2.37. The minimum absolute atomic E-state index is 0.511. The summed E-state index contributed by atoms with van der Waals surface area (Å²) in [5.41, 5.74) is 0. The first-order valence-corrected chi connectivity index (χ1v) is 7.24. The van der Waals surface area contributed by atoms with Crippen molar-refractivity contribution in [2.75, 3.05) is 33.3 Å². The molecule has 0 amide bonds. The summed E-state index contributed by atoms with van der Waals surface area (Å²) in [6.07, 6.45) is 6.77. The van der Waals surface area contributed by atoms with Crippen molar-refractivity contribution in [3.8, 4) is 0 Å². The Balaban J connectivity index is 1.99. The van der Waals surface area contributed by atoms with E-state index in [2.05, 4.69) is 24.1 Å². The van der Waals surface area contributed by atoms with Gasteiger partial charge in [0.2, 0.25) is 0 Å². The van der Waals surface area contributed by atoms with Gasteiger partial charge in [0.1, 0.15) is 0 Å². The van der Waals surface area contributed by atoms with Crippen molar-refractivity contribution in [3.63, 3.8) is 0 Å². The summed E-state index contributed by atoms with van der Waals surface area (Å²) in [5, 5.41) is 3.55. The number of piperidine rings is 1. The first-order chi connectivity index (χ1) is 8.26. The zero-order chi connectivity index (χ0) is 12.5. The van der Waals surface area contributed by atoms with Gasteiger partial charge in [-0.15, -0.1) is 0 Å². The monoisotopic (exact) mass is 242 g/mol. The predicted molar refractivity (Wildman–Crippen MR) is 73.5 cm³/mol. The second kappa shape index (κ2) is 8.90. The van der Waals surface area contributed by atoms with Crippen LogP contribution in [0.15, 0.2) is 0 Å². The number of nitrogens with zero attached hydrogens (tertiary/aromatic N) is 1. The molecular weight excluding hydrogens is 212 g/mol. The summed E-state index contributed by atoms with van der Waals surface area (Å²) in [6.45, 7) is 9.37. The third-order valence-corrected chi connectivity index (χ3v) is 3.72. The molecule has 0 saturated carbocycles. The molecule has 0 aliphatic carbocycles. The molecule has 1 aliphatic heterocycles. The second-order valence-corrected chi connectivity index (χ2v) is 5.27. The fourth-order valence-electron chi connectivity index (χ4n) is 2.48. The molecule has 0 bridgehead atoms. The Morgan fingerprint density at radius 2 is 2.06 bits per heavy atom. The van der Waals surface area contributed by atoms with E-state index in [9.17, 15) is 0 Å². The van der Waals surface area contributed by atoms with Crippen molar-refractivity contribution in [1.29, 1.82) is 0 Å². The van der Waals surface area contributed by atoms with Crippen LogP contribution in [0.2, 0.25) is 0 Å². The second-order valence-electron chi connectivity index (χ2n) is 5.27. The molecule has 17 heavy (non-hydrogen) atoms. The highest BCUT2D eigenvalue weighted by Crippen LogP contribution is 2.13. The largest absolute Gasteiger partial charge is 0.381 e. The highest BCUT2D eigenvalue weighted by Gasteiger charge is 2.17. The van der Waals surface area contributed by atoms with Crippen LogP contribution in [-0.4, -0.2) is 50.3 Å². The Bertz CT molecular complexity index is 179. The highest BCUT2D eigenvalue weighted by molar-refractivity contribution is 4.72. The molecule has 1 atom stereocenters. The minimum Gasteiger partial charge on any atom is -0.381 e. The van der Waals surface area contributed by atoms with Gasteiger partial charge in [-0.25, -0.2) is 0 Å². The molecule has 3 nitrogen and oxygen atoms in total. The lowest BCUT2D eigenvalue weighted by Crippen LogP contribution is -2.37. The van der Waals surface area contributed by atoms with Crippen molar-refractivity contribution in [3.05, 3.63) is 0 Å². The smallest absolute Gasteiger partial charge is 0.0595 e.